The minimum atomic E-state index is -0.424. The summed E-state index contributed by atoms with van der Waals surface area (Å²) in [4.78, 5) is 25.2. The number of carbonyl (C=O) groups excluding carboxylic acids is 2. The number of carbonyl (C=O) groups is 2. The first kappa shape index (κ1) is 19.8. The molecular weight excluding hydrogens is 354 g/mol. The second kappa shape index (κ2) is 9.24. The maximum atomic E-state index is 12.3. The van der Waals surface area contributed by atoms with E-state index in [2.05, 4.69) is 5.32 Å². The van der Waals surface area contributed by atoms with Crippen LogP contribution in [0.4, 0.5) is 5.00 Å². The van der Waals surface area contributed by atoms with Crippen molar-refractivity contribution in [3.63, 3.8) is 0 Å². The summed E-state index contributed by atoms with van der Waals surface area (Å²) in [6.45, 7) is 3.92. The normalized spacial score (nSPS) is 10.3. The average Bonchev–Trinajstić information content (AvgIpc) is 3.00. The summed E-state index contributed by atoms with van der Waals surface area (Å²) in [6, 6.07) is 7.29. The molecule has 6 nitrogen and oxygen atoms in total. The Morgan fingerprint density at radius 3 is 2.50 bits per heavy atom. The molecule has 0 saturated carbocycles. The number of hydrogen-bond donors (Lipinski definition) is 1. The lowest BCUT2D eigenvalue weighted by molar-refractivity contribution is -0.116. The van der Waals surface area contributed by atoms with Crippen LogP contribution in [0.5, 0.6) is 11.5 Å². The van der Waals surface area contributed by atoms with Gasteiger partial charge in [0.2, 0.25) is 5.91 Å². The molecule has 2 rings (SSSR count). The monoisotopic (exact) mass is 377 g/mol. The molecule has 26 heavy (non-hydrogen) atoms. The van der Waals surface area contributed by atoms with E-state index in [-0.39, 0.29) is 12.3 Å². The zero-order valence-corrected chi connectivity index (χ0v) is 16.2. The maximum absolute atomic E-state index is 12.3. The third-order valence-electron chi connectivity index (χ3n) is 3.69. The number of ether oxygens (including phenoxy) is 3. The van der Waals surface area contributed by atoms with E-state index in [0.717, 1.165) is 10.4 Å². The Hall–Kier alpha value is -2.54. The van der Waals surface area contributed by atoms with Gasteiger partial charge in [-0.25, -0.2) is 4.79 Å². The van der Waals surface area contributed by atoms with Crippen molar-refractivity contribution < 1.29 is 23.8 Å². The number of rotatable bonds is 8. The zero-order valence-electron chi connectivity index (χ0n) is 15.4. The molecule has 0 aliphatic carbocycles. The van der Waals surface area contributed by atoms with E-state index in [1.165, 1.54) is 11.3 Å². The fourth-order valence-corrected chi connectivity index (χ4v) is 3.37. The standard InChI is InChI=1S/C19H23NO5S/c1-5-25-19(22)14-10-12(2)26-18(14)20-17(21)9-7-13-6-8-15(23-3)16(11-13)24-4/h6,8,10-11H,5,7,9H2,1-4H3,(H,20,21). The zero-order chi connectivity index (χ0) is 19.1. The van der Waals surface area contributed by atoms with E-state index < -0.39 is 5.97 Å². The molecule has 0 bridgehead atoms. The summed E-state index contributed by atoms with van der Waals surface area (Å²) in [6.07, 6.45) is 0.833. The number of amides is 1. The molecule has 0 radical (unpaired) electrons. The highest BCUT2D eigenvalue weighted by molar-refractivity contribution is 7.16. The second-order valence-corrected chi connectivity index (χ2v) is 6.81. The Morgan fingerprint density at radius 1 is 1.12 bits per heavy atom. The summed E-state index contributed by atoms with van der Waals surface area (Å²) in [7, 11) is 3.15. The summed E-state index contributed by atoms with van der Waals surface area (Å²) in [5, 5.41) is 3.34. The predicted octanol–water partition coefficient (Wildman–Crippen LogP) is 3.82. The summed E-state index contributed by atoms with van der Waals surface area (Å²) in [5.41, 5.74) is 1.36. The van der Waals surface area contributed by atoms with Crippen LogP contribution in [0.1, 0.15) is 34.1 Å². The molecule has 1 amide bonds. The molecule has 0 aliphatic rings. The van der Waals surface area contributed by atoms with Crippen LogP contribution >= 0.6 is 11.3 Å². The number of hydrogen-bond acceptors (Lipinski definition) is 6. The number of esters is 1. The van der Waals surface area contributed by atoms with Gasteiger partial charge in [0.1, 0.15) is 5.00 Å². The molecular formula is C19H23NO5S. The van der Waals surface area contributed by atoms with Gasteiger partial charge in [-0.2, -0.15) is 0 Å². The van der Waals surface area contributed by atoms with Gasteiger partial charge in [0.05, 0.1) is 26.4 Å². The van der Waals surface area contributed by atoms with Crippen LogP contribution in [0.2, 0.25) is 0 Å². The molecule has 0 fully saturated rings. The van der Waals surface area contributed by atoms with E-state index in [1.807, 2.05) is 25.1 Å². The van der Waals surface area contributed by atoms with Crippen LogP contribution in [0.3, 0.4) is 0 Å². The number of thiophene rings is 1. The number of aryl methyl sites for hydroxylation is 2. The molecule has 1 N–H and O–H groups in total. The summed E-state index contributed by atoms with van der Waals surface area (Å²) in [5.74, 6) is 0.692. The smallest absolute Gasteiger partial charge is 0.341 e. The Bertz CT molecular complexity index is 784. The quantitative estimate of drug-likeness (QED) is 0.708. The first-order valence-corrected chi connectivity index (χ1v) is 9.08. The average molecular weight is 377 g/mol. The lowest BCUT2D eigenvalue weighted by atomic mass is 10.1. The molecule has 0 saturated heterocycles. The van der Waals surface area contributed by atoms with Gasteiger partial charge in [0, 0.05) is 11.3 Å². The van der Waals surface area contributed by atoms with E-state index in [9.17, 15) is 9.59 Å². The molecule has 1 heterocycles. The van der Waals surface area contributed by atoms with Crippen LogP contribution in [-0.4, -0.2) is 32.7 Å². The predicted molar refractivity (Wildman–Crippen MR) is 102 cm³/mol. The van der Waals surface area contributed by atoms with Gasteiger partial charge in [-0.3, -0.25) is 4.79 Å². The van der Waals surface area contributed by atoms with Crippen LogP contribution in [0.15, 0.2) is 24.3 Å². The van der Waals surface area contributed by atoms with Crippen molar-refractivity contribution in [2.75, 3.05) is 26.1 Å². The van der Waals surface area contributed by atoms with Crippen LogP contribution in [-0.2, 0) is 16.0 Å². The van der Waals surface area contributed by atoms with Crippen molar-refractivity contribution >= 4 is 28.2 Å². The van der Waals surface area contributed by atoms with Gasteiger partial charge >= 0.3 is 5.97 Å². The lowest BCUT2D eigenvalue weighted by Crippen LogP contribution is -2.14. The van der Waals surface area contributed by atoms with Gasteiger partial charge in [0.25, 0.3) is 0 Å². The SMILES string of the molecule is CCOC(=O)c1cc(C)sc1NC(=O)CCc1ccc(OC)c(OC)c1. The minimum Gasteiger partial charge on any atom is -0.493 e. The number of benzene rings is 1. The topological polar surface area (TPSA) is 73.9 Å². The van der Waals surface area contributed by atoms with E-state index >= 15 is 0 Å². The fraction of sp³-hybridized carbons (Fsp3) is 0.368. The third kappa shape index (κ3) is 4.98. The van der Waals surface area contributed by atoms with Crippen molar-refractivity contribution in [2.24, 2.45) is 0 Å². The van der Waals surface area contributed by atoms with E-state index in [1.54, 1.807) is 27.2 Å². The van der Waals surface area contributed by atoms with Crippen molar-refractivity contribution in [2.45, 2.75) is 26.7 Å². The number of methoxy groups -OCH3 is 2. The molecule has 0 spiro atoms. The molecule has 1 aromatic carbocycles. The maximum Gasteiger partial charge on any atom is 0.341 e. The highest BCUT2D eigenvalue weighted by Gasteiger charge is 2.18. The summed E-state index contributed by atoms with van der Waals surface area (Å²) < 4.78 is 15.5. The van der Waals surface area contributed by atoms with Crippen molar-refractivity contribution in [1.82, 2.24) is 0 Å². The Balaban J connectivity index is 2.00. The van der Waals surface area contributed by atoms with Gasteiger partial charge < -0.3 is 19.5 Å². The van der Waals surface area contributed by atoms with Crippen molar-refractivity contribution in [3.05, 3.63) is 40.3 Å². The first-order valence-electron chi connectivity index (χ1n) is 8.26. The number of anilines is 1. The lowest BCUT2D eigenvalue weighted by Gasteiger charge is -2.10. The largest absolute Gasteiger partial charge is 0.493 e. The molecule has 0 atom stereocenters. The molecule has 7 heteroatoms. The third-order valence-corrected chi connectivity index (χ3v) is 4.66. The Labute approximate surface area is 157 Å². The highest BCUT2D eigenvalue weighted by Crippen LogP contribution is 2.29. The van der Waals surface area contributed by atoms with Crippen LogP contribution < -0.4 is 14.8 Å². The molecule has 1 aromatic heterocycles. The second-order valence-electron chi connectivity index (χ2n) is 5.56. The Morgan fingerprint density at radius 2 is 1.85 bits per heavy atom. The molecule has 140 valence electrons. The Kier molecular flexibility index (Phi) is 7.03. The van der Waals surface area contributed by atoms with Gasteiger partial charge in [0.15, 0.2) is 11.5 Å². The molecule has 2 aromatic rings. The van der Waals surface area contributed by atoms with E-state index in [4.69, 9.17) is 14.2 Å². The van der Waals surface area contributed by atoms with Gasteiger partial charge in [-0.15, -0.1) is 11.3 Å². The highest BCUT2D eigenvalue weighted by atomic mass is 32.1. The van der Waals surface area contributed by atoms with Gasteiger partial charge in [-0.05, 0) is 44.0 Å². The fourth-order valence-electron chi connectivity index (χ4n) is 2.45. The van der Waals surface area contributed by atoms with Crippen molar-refractivity contribution in [3.8, 4) is 11.5 Å². The summed E-state index contributed by atoms with van der Waals surface area (Å²) >= 11 is 1.36. The first-order chi connectivity index (χ1) is 12.5. The van der Waals surface area contributed by atoms with Crippen LogP contribution in [0, 0.1) is 6.92 Å². The minimum absolute atomic E-state index is 0.160. The molecule has 0 aliphatic heterocycles. The number of nitrogens with one attached hydrogen (secondary N) is 1. The van der Waals surface area contributed by atoms with Gasteiger partial charge in [-0.1, -0.05) is 6.07 Å². The van der Waals surface area contributed by atoms with Crippen molar-refractivity contribution in [1.29, 1.82) is 0 Å². The molecule has 0 unspecified atom stereocenters. The van der Waals surface area contributed by atoms with Crippen LogP contribution in [0.25, 0.3) is 0 Å². The van der Waals surface area contributed by atoms with E-state index in [0.29, 0.717) is 35.1 Å².